The molecule has 0 spiro atoms. The quantitative estimate of drug-likeness (QED) is 0.127. The van der Waals surface area contributed by atoms with Gasteiger partial charge >= 0.3 is 5.97 Å². The van der Waals surface area contributed by atoms with Gasteiger partial charge in [-0.15, -0.1) is 0 Å². The number of carboxylic acids is 1. The number of thiazole rings is 1. The van der Waals surface area contributed by atoms with Gasteiger partial charge in [0.05, 0.1) is 28.6 Å². The number of carbonyl (C=O) groups is 2. The molecule has 2 unspecified atom stereocenters. The van der Waals surface area contributed by atoms with Crippen molar-refractivity contribution >= 4 is 44.4 Å². The highest BCUT2D eigenvalue weighted by Crippen LogP contribution is 2.72. The number of fused-ring (bicyclic) bond motifs is 2. The highest BCUT2D eigenvalue weighted by Gasteiger charge is 2.66. The normalized spacial score (nSPS) is 26.2. The van der Waals surface area contributed by atoms with Gasteiger partial charge in [-0.25, -0.2) is 14.8 Å². The Labute approximate surface area is 344 Å². The zero-order valence-electron chi connectivity index (χ0n) is 34.6. The lowest BCUT2D eigenvalue weighted by atomic mass is 9.39. The van der Waals surface area contributed by atoms with Crippen LogP contribution in [0.25, 0.3) is 21.3 Å². The maximum Gasteiger partial charge on any atom is 0.355 e. The van der Waals surface area contributed by atoms with Crippen LogP contribution in [0.3, 0.4) is 0 Å². The minimum absolute atomic E-state index is 0.00126. The third kappa shape index (κ3) is 7.11. The van der Waals surface area contributed by atoms with Gasteiger partial charge in [0.25, 0.3) is 5.91 Å². The van der Waals surface area contributed by atoms with Crippen molar-refractivity contribution in [2.75, 3.05) is 37.0 Å². The van der Waals surface area contributed by atoms with Crippen LogP contribution >= 0.6 is 11.3 Å². The van der Waals surface area contributed by atoms with E-state index in [-0.39, 0.29) is 33.4 Å². The molecule has 304 valence electrons. The van der Waals surface area contributed by atoms with Gasteiger partial charge in [0, 0.05) is 54.6 Å². The summed E-state index contributed by atoms with van der Waals surface area (Å²) in [5.74, 6) is -0.728. The lowest BCUT2D eigenvalue weighted by Gasteiger charge is -2.69. The third-order valence-electron chi connectivity index (χ3n) is 13.7. The summed E-state index contributed by atoms with van der Waals surface area (Å²) in [5.41, 5.74) is 6.14. The minimum Gasteiger partial charge on any atom is -0.476 e. The lowest BCUT2D eigenvalue weighted by molar-refractivity contribution is -0.248. The second kappa shape index (κ2) is 14.3. The fourth-order valence-electron chi connectivity index (χ4n) is 12.1. The Hall–Kier alpha value is -4.65. The van der Waals surface area contributed by atoms with Crippen LogP contribution in [0.15, 0.2) is 60.8 Å². The van der Waals surface area contributed by atoms with Crippen molar-refractivity contribution in [1.29, 1.82) is 0 Å². The zero-order valence-corrected chi connectivity index (χ0v) is 35.4. The molecule has 0 radical (unpaired) electrons. The Morgan fingerprint density at radius 3 is 2.48 bits per heavy atom. The van der Waals surface area contributed by atoms with Crippen LogP contribution in [0.5, 0.6) is 0 Å². The molecule has 2 aromatic carbocycles. The number of rotatable bonds is 12. The number of nitrogens with zero attached hydrogens (tertiary/aromatic N) is 6. The molecule has 5 aromatic rings. The Morgan fingerprint density at radius 1 is 0.966 bits per heavy atom. The maximum absolute atomic E-state index is 13.6. The van der Waals surface area contributed by atoms with Crippen LogP contribution in [0.4, 0.5) is 10.9 Å². The first-order valence-corrected chi connectivity index (χ1v) is 21.6. The number of carbonyl (C=O) groups excluding carboxylic acids is 1. The average molecular weight is 802 g/mol. The van der Waals surface area contributed by atoms with Gasteiger partial charge in [-0.05, 0) is 130 Å². The van der Waals surface area contributed by atoms with Crippen molar-refractivity contribution in [2.24, 2.45) is 16.2 Å². The number of anilines is 2. The minimum atomic E-state index is -1.08. The molecule has 10 rings (SSSR count). The number of hydrogen-bond donors (Lipinski definition) is 2. The largest absolute Gasteiger partial charge is 0.476 e. The van der Waals surface area contributed by atoms with Crippen molar-refractivity contribution in [3.63, 3.8) is 0 Å². The third-order valence-corrected chi connectivity index (χ3v) is 14.7. The molecule has 3 aromatic heterocycles. The second-order valence-corrected chi connectivity index (χ2v) is 20.0. The number of nitrogens with one attached hydrogen (secondary N) is 1. The molecule has 2 N–H and O–H groups in total. The fourth-order valence-corrected chi connectivity index (χ4v) is 12.9. The van der Waals surface area contributed by atoms with Crippen LogP contribution in [0.2, 0.25) is 0 Å². The topological polar surface area (TPSA) is 126 Å². The summed E-state index contributed by atoms with van der Waals surface area (Å²) >= 11 is 1.45. The predicted molar refractivity (Wildman–Crippen MR) is 229 cm³/mol. The van der Waals surface area contributed by atoms with Crippen molar-refractivity contribution in [1.82, 2.24) is 24.6 Å². The molecule has 4 saturated carbocycles. The van der Waals surface area contributed by atoms with E-state index in [1.54, 1.807) is 0 Å². The second-order valence-electron chi connectivity index (χ2n) is 19.0. The standard InChI is InChI=1S/C46H55N7O4S/c1-29(2)51(6)18-19-57-46-25-43(4)22-44(5,26-46)24-45(23-43,27-46)28-53-30(3)34(20-47-53)32-14-15-38(49-39(32)41(55)56)52-17-16-31-10-9-11-33(35(31)21-52)40(54)50-42-48-36-12-7-8-13-37(36)58-42/h7-15,20,29H,16-19,21-28H2,1-6H3,(H,55,56)(H,48,50,54). The van der Waals surface area contributed by atoms with Crippen LogP contribution < -0.4 is 10.2 Å². The number of aromatic carboxylic acids is 1. The zero-order chi connectivity index (χ0) is 40.6. The van der Waals surface area contributed by atoms with Crippen LogP contribution in [0.1, 0.15) is 104 Å². The fraction of sp³-hybridized carbons (Fsp3) is 0.500. The van der Waals surface area contributed by atoms with Crippen molar-refractivity contribution in [3.8, 4) is 11.1 Å². The maximum atomic E-state index is 13.6. The van der Waals surface area contributed by atoms with E-state index in [2.05, 4.69) is 72.5 Å². The van der Waals surface area contributed by atoms with Gasteiger partial charge in [0.2, 0.25) is 0 Å². The Bertz CT molecular complexity index is 2370. The van der Waals surface area contributed by atoms with Crippen LogP contribution in [-0.2, 0) is 24.2 Å². The molecule has 4 bridgehead atoms. The molecule has 4 aliphatic carbocycles. The summed E-state index contributed by atoms with van der Waals surface area (Å²) in [6.45, 7) is 15.0. The van der Waals surface area contributed by atoms with E-state index in [1.165, 1.54) is 17.8 Å². The van der Waals surface area contributed by atoms with E-state index in [9.17, 15) is 14.7 Å². The Kier molecular flexibility index (Phi) is 9.56. The number of hydrogen-bond acceptors (Lipinski definition) is 9. The van der Waals surface area contributed by atoms with Gasteiger partial charge in [-0.3, -0.25) is 14.8 Å². The van der Waals surface area contributed by atoms with Crippen LogP contribution in [0, 0.1) is 23.2 Å². The molecule has 4 heterocycles. The number of ether oxygens (including phenoxy) is 1. The number of pyridine rings is 1. The highest BCUT2D eigenvalue weighted by molar-refractivity contribution is 7.22. The lowest BCUT2D eigenvalue weighted by Crippen LogP contribution is -2.64. The molecular weight excluding hydrogens is 747 g/mol. The summed E-state index contributed by atoms with van der Waals surface area (Å²) in [6, 6.07) is 17.9. The first-order valence-electron chi connectivity index (χ1n) is 20.8. The van der Waals surface area contributed by atoms with Crippen molar-refractivity contribution in [3.05, 3.63) is 88.9 Å². The predicted octanol–water partition coefficient (Wildman–Crippen LogP) is 8.85. The summed E-state index contributed by atoms with van der Waals surface area (Å²) in [4.78, 5) is 40.4. The van der Waals surface area contributed by atoms with E-state index in [0.29, 0.717) is 47.6 Å². The monoisotopic (exact) mass is 801 g/mol. The van der Waals surface area contributed by atoms with Gasteiger partial charge in [-0.2, -0.15) is 5.10 Å². The molecular formula is C46H55N7O4S. The number of benzene rings is 2. The summed E-state index contributed by atoms with van der Waals surface area (Å²) in [7, 11) is 2.17. The van der Waals surface area contributed by atoms with Crippen molar-refractivity contribution < 1.29 is 19.4 Å². The number of carboxylic acid groups (broad SMARTS) is 1. The summed E-state index contributed by atoms with van der Waals surface area (Å²) < 4.78 is 10.1. The number of likely N-dealkylation sites (N-methyl/N-ethyl adjacent to an activating group) is 1. The van der Waals surface area contributed by atoms with E-state index < -0.39 is 5.97 Å². The summed E-state index contributed by atoms with van der Waals surface area (Å²) in [6.07, 6.45) is 9.35. The van der Waals surface area contributed by atoms with E-state index in [1.807, 2.05) is 54.7 Å². The number of aromatic nitrogens is 4. The SMILES string of the molecule is Cc1c(-c2ccc(N3CCc4cccc(C(=O)Nc5nc6ccccc6s5)c4C3)nc2C(=O)O)cnn1CC12CC3(C)CC(C)(C1)CC(OCCN(C)C(C)C)(C3)C2. The smallest absolute Gasteiger partial charge is 0.355 e. The molecule has 58 heavy (non-hydrogen) atoms. The van der Waals surface area contributed by atoms with Gasteiger partial charge in [-0.1, -0.05) is 49.4 Å². The first-order chi connectivity index (χ1) is 27.6. The molecule has 12 heteroatoms. The molecule has 4 fully saturated rings. The van der Waals surface area contributed by atoms with Crippen molar-refractivity contribution in [2.45, 2.75) is 104 Å². The van der Waals surface area contributed by atoms with E-state index >= 15 is 0 Å². The number of amides is 1. The first kappa shape index (κ1) is 38.8. The van der Waals surface area contributed by atoms with Gasteiger partial charge in [0.15, 0.2) is 10.8 Å². The molecule has 0 saturated heterocycles. The molecule has 1 amide bonds. The average Bonchev–Trinajstić information content (AvgIpc) is 3.73. The molecule has 1 aliphatic heterocycles. The summed E-state index contributed by atoms with van der Waals surface area (Å²) in [5, 5.41) is 19.1. The molecule has 11 nitrogen and oxygen atoms in total. The Morgan fingerprint density at radius 2 is 1.74 bits per heavy atom. The van der Waals surface area contributed by atoms with Crippen LogP contribution in [-0.4, -0.2) is 80.0 Å². The van der Waals surface area contributed by atoms with E-state index in [4.69, 9.17) is 14.8 Å². The molecule has 5 aliphatic rings. The number of para-hydroxylation sites is 1. The van der Waals surface area contributed by atoms with Gasteiger partial charge in [0.1, 0.15) is 5.82 Å². The van der Waals surface area contributed by atoms with E-state index in [0.717, 1.165) is 84.4 Å². The highest BCUT2D eigenvalue weighted by atomic mass is 32.1. The van der Waals surface area contributed by atoms with Gasteiger partial charge < -0.3 is 19.6 Å². The molecule has 2 atom stereocenters. The Balaban J connectivity index is 0.948.